The number of benzene rings is 2. The fourth-order valence-corrected chi connectivity index (χ4v) is 6.38. The molecule has 5 atom stereocenters. The molecule has 2 N–H and O–H groups in total. The summed E-state index contributed by atoms with van der Waals surface area (Å²) in [5, 5.41) is 5.66. The number of piperidine rings is 1. The quantitative estimate of drug-likeness (QED) is 0.720. The van der Waals surface area contributed by atoms with Crippen LogP contribution in [0, 0.1) is 11.8 Å². The van der Waals surface area contributed by atoms with Crippen molar-refractivity contribution in [3.8, 4) is 11.5 Å². The summed E-state index contributed by atoms with van der Waals surface area (Å²) in [7, 11) is 5.44. The van der Waals surface area contributed by atoms with Gasteiger partial charge in [-0.15, -0.1) is 0 Å². The van der Waals surface area contributed by atoms with Gasteiger partial charge in [-0.25, -0.2) is 4.79 Å². The fourth-order valence-electron chi connectivity index (χ4n) is 6.38. The zero-order valence-electron chi connectivity index (χ0n) is 18.6. The summed E-state index contributed by atoms with van der Waals surface area (Å²) in [5.41, 5.74) is 1.31. The molecule has 5 rings (SSSR count). The van der Waals surface area contributed by atoms with Crippen molar-refractivity contribution >= 4 is 11.9 Å². The number of likely N-dealkylation sites (tertiary alicyclic amines) is 1. The van der Waals surface area contributed by atoms with Gasteiger partial charge in [-0.05, 0) is 55.3 Å². The summed E-state index contributed by atoms with van der Waals surface area (Å²) in [5.74, 6) is 1.34. The molecule has 32 heavy (non-hydrogen) atoms. The van der Waals surface area contributed by atoms with Crippen LogP contribution in [0.5, 0.6) is 11.5 Å². The molecule has 2 bridgehead atoms. The second-order valence-corrected chi connectivity index (χ2v) is 9.02. The first-order valence-electron chi connectivity index (χ1n) is 11.1. The Hall–Kier alpha value is -3.06. The zero-order valence-corrected chi connectivity index (χ0v) is 18.6. The summed E-state index contributed by atoms with van der Waals surface area (Å²) >= 11 is 0. The molecule has 3 aliphatic rings. The Morgan fingerprint density at radius 3 is 1.69 bits per heavy atom. The second kappa shape index (κ2) is 7.81. The number of carbonyl (C=O) groups is 2. The Balaban J connectivity index is 1.66. The van der Waals surface area contributed by atoms with E-state index in [0.717, 1.165) is 41.9 Å². The van der Waals surface area contributed by atoms with Crippen molar-refractivity contribution in [1.82, 2.24) is 15.5 Å². The fraction of sp³-hybridized carbons (Fsp3) is 0.440. The van der Waals surface area contributed by atoms with E-state index < -0.39 is 11.6 Å². The third-order valence-electron chi connectivity index (χ3n) is 7.68. The molecule has 3 amide bonds. The van der Waals surface area contributed by atoms with E-state index in [9.17, 15) is 9.59 Å². The Morgan fingerprint density at radius 1 is 0.844 bits per heavy atom. The molecular weight excluding hydrogens is 406 g/mol. The molecule has 7 nitrogen and oxygen atoms in total. The number of hydrogen-bond acceptors (Lipinski definition) is 5. The number of ether oxygens (including phenoxy) is 2. The maximum absolute atomic E-state index is 13.4. The van der Waals surface area contributed by atoms with Crippen molar-refractivity contribution in [3.05, 3.63) is 59.7 Å². The molecule has 1 unspecified atom stereocenters. The van der Waals surface area contributed by atoms with E-state index in [1.165, 1.54) is 0 Å². The van der Waals surface area contributed by atoms with Gasteiger partial charge in [0.05, 0.1) is 14.2 Å². The Bertz CT molecular complexity index is 957. The molecule has 2 heterocycles. The molecule has 2 aromatic rings. The predicted octanol–water partition coefficient (Wildman–Crippen LogP) is 3.43. The number of nitrogens with one attached hydrogen (secondary N) is 2. The predicted molar refractivity (Wildman–Crippen MR) is 119 cm³/mol. The first kappa shape index (κ1) is 20.8. The molecule has 0 radical (unpaired) electrons. The average molecular weight is 436 g/mol. The molecular formula is C25H29N3O4. The second-order valence-electron chi connectivity index (χ2n) is 9.02. The van der Waals surface area contributed by atoms with Crippen LogP contribution in [-0.2, 0) is 4.79 Å². The summed E-state index contributed by atoms with van der Waals surface area (Å²) in [6.45, 7) is 0. The number of amides is 3. The first-order valence-corrected chi connectivity index (χ1v) is 11.1. The van der Waals surface area contributed by atoms with Gasteiger partial charge < -0.3 is 14.8 Å². The van der Waals surface area contributed by atoms with Crippen LogP contribution in [-0.4, -0.2) is 43.6 Å². The van der Waals surface area contributed by atoms with Gasteiger partial charge in [0, 0.05) is 23.9 Å². The highest BCUT2D eigenvalue weighted by molar-refractivity contribution is 6.07. The molecule has 1 spiro atoms. The van der Waals surface area contributed by atoms with Crippen LogP contribution in [0.4, 0.5) is 4.79 Å². The minimum absolute atomic E-state index is 0.0272. The Kier molecular flexibility index (Phi) is 5.08. The molecule has 1 aliphatic carbocycles. The van der Waals surface area contributed by atoms with Crippen LogP contribution < -0.4 is 20.1 Å². The minimum Gasteiger partial charge on any atom is -0.497 e. The number of nitrogens with zero attached hydrogens (tertiary/aromatic N) is 1. The van der Waals surface area contributed by atoms with Gasteiger partial charge in [0.2, 0.25) is 0 Å². The topological polar surface area (TPSA) is 79.9 Å². The maximum Gasteiger partial charge on any atom is 0.322 e. The van der Waals surface area contributed by atoms with Gasteiger partial charge in [-0.1, -0.05) is 30.7 Å². The number of imide groups is 1. The van der Waals surface area contributed by atoms with E-state index in [4.69, 9.17) is 9.47 Å². The molecule has 7 heteroatoms. The molecule has 2 saturated heterocycles. The van der Waals surface area contributed by atoms with Crippen molar-refractivity contribution in [2.75, 3.05) is 21.3 Å². The molecule has 2 aromatic carbocycles. The van der Waals surface area contributed by atoms with Gasteiger partial charge in [0.1, 0.15) is 17.0 Å². The van der Waals surface area contributed by atoms with Gasteiger partial charge >= 0.3 is 6.03 Å². The summed E-state index contributed by atoms with van der Waals surface area (Å²) in [6.07, 6.45) is 2.77. The zero-order chi connectivity index (χ0) is 22.5. The lowest BCUT2D eigenvalue weighted by Crippen LogP contribution is -2.69. The van der Waals surface area contributed by atoms with E-state index >= 15 is 0 Å². The minimum atomic E-state index is -0.920. The van der Waals surface area contributed by atoms with Gasteiger partial charge in [-0.2, -0.15) is 0 Å². The molecule has 3 fully saturated rings. The number of urea groups is 1. The standard InChI is InChI=1S/C25H29N3O4/c1-28-21(15-7-11-17(31-2)12-8-15)19-5-4-6-20(25(19)23(29)26-24(30)27-25)22(28)16-9-13-18(32-3)14-10-16/h7-14,19-22H,4-6H2,1-3H3,(H2,26,27,29,30)/t19-,20+,21-,22+,25?. The van der Waals surface area contributed by atoms with Gasteiger partial charge in [0.25, 0.3) is 5.91 Å². The van der Waals surface area contributed by atoms with Crippen LogP contribution in [0.15, 0.2) is 48.5 Å². The number of methoxy groups -OCH3 is 2. The number of hydrogen-bond donors (Lipinski definition) is 2. The Morgan fingerprint density at radius 2 is 1.31 bits per heavy atom. The summed E-state index contributed by atoms with van der Waals surface area (Å²) in [6, 6.07) is 15.7. The van der Waals surface area contributed by atoms with E-state index in [1.54, 1.807) is 14.2 Å². The highest BCUT2D eigenvalue weighted by atomic mass is 16.5. The smallest absolute Gasteiger partial charge is 0.322 e. The number of rotatable bonds is 4. The lowest BCUT2D eigenvalue weighted by Gasteiger charge is -2.59. The highest BCUT2D eigenvalue weighted by Crippen LogP contribution is 2.58. The molecule has 2 aliphatic heterocycles. The lowest BCUT2D eigenvalue weighted by atomic mass is 9.56. The normalized spacial score (nSPS) is 31.8. The van der Waals surface area contributed by atoms with Crippen LogP contribution in [0.1, 0.15) is 42.5 Å². The van der Waals surface area contributed by atoms with E-state index in [2.05, 4.69) is 46.8 Å². The average Bonchev–Trinajstić information content (AvgIpc) is 3.09. The molecule has 0 aromatic heterocycles. The third-order valence-corrected chi connectivity index (χ3v) is 7.68. The monoisotopic (exact) mass is 435 g/mol. The Labute approximate surface area is 188 Å². The maximum atomic E-state index is 13.4. The largest absolute Gasteiger partial charge is 0.497 e. The lowest BCUT2D eigenvalue weighted by molar-refractivity contribution is -0.144. The van der Waals surface area contributed by atoms with Crippen LogP contribution in [0.25, 0.3) is 0 Å². The summed E-state index contributed by atoms with van der Waals surface area (Å²) in [4.78, 5) is 28.2. The van der Waals surface area contributed by atoms with Crippen molar-refractivity contribution in [2.24, 2.45) is 11.8 Å². The molecule has 168 valence electrons. The van der Waals surface area contributed by atoms with Gasteiger partial charge in [-0.3, -0.25) is 15.0 Å². The van der Waals surface area contributed by atoms with Crippen LogP contribution in [0.3, 0.4) is 0 Å². The van der Waals surface area contributed by atoms with Gasteiger partial charge in [0.15, 0.2) is 0 Å². The van der Waals surface area contributed by atoms with Crippen molar-refractivity contribution < 1.29 is 19.1 Å². The van der Waals surface area contributed by atoms with E-state index in [0.29, 0.717) is 0 Å². The van der Waals surface area contributed by atoms with Crippen molar-refractivity contribution in [1.29, 1.82) is 0 Å². The van der Waals surface area contributed by atoms with Crippen molar-refractivity contribution in [2.45, 2.75) is 36.9 Å². The van der Waals surface area contributed by atoms with Crippen LogP contribution >= 0.6 is 0 Å². The SMILES string of the molecule is COc1ccc([C@@H]2[C@H]3CCC[C@@H]([C@H](c4ccc(OC)cc4)N2C)C32NC(=O)NC2=O)cc1. The van der Waals surface area contributed by atoms with Crippen molar-refractivity contribution in [3.63, 3.8) is 0 Å². The molecule has 1 saturated carbocycles. The number of carbonyl (C=O) groups excluding carboxylic acids is 2. The van der Waals surface area contributed by atoms with E-state index in [-0.39, 0.29) is 29.8 Å². The third kappa shape index (κ3) is 2.98. The summed E-state index contributed by atoms with van der Waals surface area (Å²) < 4.78 is 10.7. The van der Waals surface area contributed by atoms with Crippen LogP contribution in [0.2, 0.25) is 0 Å². The van der Waals surface area contributed by atoms with E-state index in [1.807, 2.05) is 24.3 Å². The highest BCUT2D eigenvalue weighted by Gasteiger charge is 2.66. The first-order chi connectivity index (χ1) is 15.5.